The normalized spacial score (nSPS) is 22.9. The summed E-state index contributed by atoms with van der Waals surface area (Å²) in [6.45, 7) is -0.800. The van der Waals surface area contributed by atoms with Gasteiger partial charge in [0.15, 0.2) is 0 Å². The molecule has 4 N–H and O–H groups in total. The second-order valence-electron chi connectivity index (χ2n) is 1.64. The van der Waals surface area contributed by atoms with Crippen molar-refractivity contribution in [2.75, 3.05) is 13.2 Å². The Kier molecular flexibility index (Phi) is 2.50. The molecule has 7 heteroatoms. The summed E-state index contributed by atoms with van der Waals surface area (Å²) in [6, 6.07) is 0. The summed E-state index contributed by atoms with van der Waals surface area (Å²) in [7, 11) is 0. The van der Waals surface area contributed by atoms with Crippen LogP contribution in [0, 0.1) is 0 Å². The molecular formula is C2H8N3OPS2. The minimum absolute atomic E-state index is 0.664. The molecule has 1 saturated heterocycles. The van der Waals surface area contributed by atoms with Crippen LogP contribution in [-0.2, 0) is 16.0 Å². The summed E-state index contributed by atoms with van der Waals surface area (Å²) >= 11 is 6.01. The van der Waals surface area contributed by atoms with Crippen LogP contribution in [0.3, 0.4) is 0 Å². The fourth-order valence-electron chi connectivity index (χ4n) is 0.459. The molecule has 0 saturated carbocycles. The minimum Gasteiger partial charge on any atom is -0.299 e. The molecule has 4 nitrogen and oxygen atoms in total. The van der Waals surface area contributed by atoms with Gasteiger partial charge < -0.3 is 0 Å². The van der Waals surface area contributed by atoms with Crippen molar-refractivity contribution in [3.05, 3.63) is 0 Å². The van der Waals surface area contributed by atoms with Gasteiger partial charge in [-0.15, -0.1) is 0 Å². The van der Waals surface area contributed by atoms with Crippen molar-refractivity contribution in [2.45, 2.75) is 0 Å². The van der Waals surface area contributed by atoms with Gasteiger partial charge in [0.2, 0.25) is 0 Å². The molecule has 54 valence electrons. The fourth-order valence-corrected chi connectivity index (χ4v) is 2.32. The zero-order valence-corrected chi connectivity index (χ0v) is 7.22. The number of nitrogens with two attached hydrogens (primary N) is 2. The lowest BCUT2D eigenvalue weighted by Crippen LogP contribution is -2.20. The average molecular weight is 185 g/mol. The summed E-state index contributed by atoms with van der Waals surface area (Å²) in [6.07, 6.45) is 0. The standard InChI is InChI=1S/C2H8N3OPS2/c3-7(4,8)5-1-2-6-9-5/h1-2H2,(H4,3,4,8). The molecule has 9 heavy (non-hydrogen) atoms. The van der Waals surface area contributed by atoms with E-state index in [1.807, 2.05) is 0 Å². The maximum Gasteiger partial charge on any atom is 0.146 e. The smallest absolute Gasteiger partial charge is 0.146 e. The van der Waals surface area contributed by atoms with Gasteiger partial charge in [-0.25, -0.2) is 0 Å². The molecule has 1 fully saturated rings. The average Bonchev–Trinajstić information content (AvgIpc) is 2.08. The van der Waals surface area contributed by atoms with E-state index in [2.05, 4.69) is 0 Å². The Morgan fingerprint density at radius 3 is 2.56 bits per heavy atom. The molecule has 0 radical (unpaired) electrons. The topological polar surface area (TPSA) is 64.5 Å². The molecule has 0 bridgehead atoms. The Labute approximate surface area is 63.4 Å². The van der Waals surface area contributed by atoms with Crippen molar-refractivity contribution < 1.29 is 4.18 Å². The molecule has 0 aromatic heterocycles. The molecule has 1 rings (SSSR count). The number of hydrogen-bond acceptors (Lipinski definition) is 3. The molecule has 0 atom stereocenters. The highest BCUT2D eigenvalue weighted by Crippen LogP contribution is 2.41. The van der Waals surface area contributed by atoms with Gasteiger partial charge in [-0.3, -0.25) is 15.2 Å². The summed E-state index contributed by atoms with van der Waals surface area (Å²) in [4.78, 5) is 0. The van der Waals surface area contributed by atoms with Crippen LogP contribution in [0.15, 0.2) is 0 Å². The lowest BCUT2D eigenvalue weighted by molar-refractivity contribution is 0.412. The first kappa shape index (κ1) is 7.94. The first-order valence-corrected chi connectivity index (χ1v) is 5.94. The van der Waals surface area contributed by atoms with Crippen LogP contribution in [0.2, 0.25) is 0 Å². The van der Waals surface area contributed by atoms with Crippen LogP contribution in [0.4, 0.5) is 0 Å². The van der Waals surface area contributed by atoms with Crippen molar-refractivity contribution in [1.29, 1.82) is 0 Å². The molecule has 0 spiro atoms. The van der Waals surface area contributed by atoms with Crippen molar-refractivity contribution >= 4 is 30.5 Å². The quantitative estimate of drug-likeness (QED) is 0.341. The van der Waals surface area contributed by atoms with Gasteiger partial charge in [-0.2, -0.15) is 4.08 Å². The van der Waals surface area contributed by atoms with E-state index < -0.39 is 6.49 Å². The van der Waals surface area contributed by atoms with E-state index in [-0.39, 0.29) is 0 Å². The summed E-state index contributed by atoms with van der Waals surface area (Å²) in [5.41, 5.74) is 10.9. The molecule has 0 aliphatic carbocycles. The second-order valence-corrected chi connectivity index (χ2v) is 6.32. The zero-order valence-electron chi connectivity index (χ0n) is 4.69. The van der Waals surface area contributed by atoms with Gasteiger partial charge in [-0.05, 0) is 11.8 Å². The van der Waals surface area contributed by atoms with Crippen LogP contribution in [0.25, 0.3) is 0 Å². The van der Waals surface area contributed by atoms with Gasteiger partial charge in [0.1, 0.15) is 6.49 Å². The third kappa shape index (κ3) is 2.16. The van der Waals surface area contributed by atoms with Crippen molar-refractivity contribution in [3.63, 3.8) is 0 Å². The highest BCUT2D eigenvalue weighted by molar-refractivity contribution is 8.16. The Bertz CT molecular complexity index is 141. The van der Waals surface area contributed by atoms with Crippen LogP contribution in [-0.4, -0.2) is 17.2 Å². The molecule has 0 unspecified atom stereocenters. The van der Waals surface area contributed by atoms with Gasteiger partial charge >= 0.3 is 0 Å². The van der Waals surface area contributed by atoms with Crippen molar-refractivity contribution in [1.82, 2.24) is 4.08 Å². The van der Waals surface area contributed by atoms with Gasteiger partial charge in [0.05, 0.1) is 18.8 Å². The SMILES string of the molecule is NP(N)(=S)N1CCOS1. The predicted octanol–water partition coefficient (Wildman–Crippen LogP) is 0.0237. The molecule has 1 heterocycles. The van der Waals surface area contributed by atoms with Gasteiger partial charge in [0, 0.05) is 6.54 Å². The summed E-state index contributed by atoms with van der Waals surface area (Å²) < 4.78 is 6.65. The molecule has 0 aromatic carbocycles. The van der Waals surface area contributed by atoms with Crippen molar-refractivity contribution in [2.24, 2.45) is 11.0 Å². The van der Waals surface area contributed by atoms with Crippen molar-refractivity contribution in [3.8, 4) is 0 Å². The molecule has 1 aliphatic heterocycles. The number of rotatable bonds is 1. The van der Waals surface area contributed by atoms with E-state index in [4.69, 9.17) is 27.0 Å². The number of nitrogens with zero attached hydrogens (tertiary/aromatic N) is 1. The Hall–Kier alpha value is 0.840. The Balaban J connectivity index is 2.52. The van der Waals surface area contributed by atoms with E-state index in [1.165, 1.54) is 12.2 Å². The molecular weight excluding hydrogens is 177 g/mol. The zero-order chi connectivity index (χ0) is 6.91. The first-order chi connectivity index (χ1) is 4.11. The van der Waals surface area contributed by atoms with Gasteiger partial charge in [0.25, 0.3) is 0 Å². The first-order valence-electron chi connectivity index (χ1n) is 2.35. The summed E-state index contributed by atoms with van der Waals surface area (Å²) in [5.74, 6) is 0. The maximum absolute atomic E-state index is 5.47. The Morgan fingerprint density at radius 1 is 1.67 bits per heavy atom. The number of hydrogen-bond donors (Lipinski definition) is 2. The molecule has 0 amide bonds. The van der Waals surface area contributed by atoms with Crippen LogP contribution < -0.4 is 11.0 Å². The van der Waals surface area contributed by atoms with Crippen LogP contribution in [0.1, 0.15) is 0 Å². The summed E-state index contributed by atoms with van der Waals surface area (Å²) in [5, 5.41) is 0. The van der Waals surface area contributed by atoms with E-state index in [1.54, 1.807) is 4.08 Å². The lowest BCUT2D eigenvalue weighted by atomic mass is 10.8. The Morgan fingerprint density at radius 2 is 2.33 bits per heavy atom. The largest absolute Gasteiger partial charge is 0.299 e. The third-order valence-corrected chi connectivity index (χ3v) is 4.29. The van der Waals surface area contributed by atoms with E-state index >= 15 is 0 Å². The predicted molar refractivity (Wildman–Crippen MR) is 42.9 cm³/mol. The highest BCUT2D eigenvalue weighted by Gasteiger charge is 2.22. The van der Waals surface area contributed by atoms with E-state index in [0.717, 1.165) is 6.54 Å². The van der Waals surface area contributed by atoms with Gasteiger partial charge in [-0.1, -0.05) is 0 Å². The maximum atomic E-state index is 5.47. The molecule has 1 aliphatic rings. The second kappa shape index (κ2) is 2.84. The monoisotopic (exact) mass is 185 g/mol. The fraction of sp³-hybridized carbons (Fsp3) is 1.00. The lowest BCUT2D eigenvalue weighted by Gasteiger charge is -2.18. The minimum atomic E-state index is -2.21. The molecule has 0 aromatic rings. The van der Waals surface area contributed by atoms with E-state index in [9.17, 15) is 0 Å². The highest BCUT2D eigenvalue weighted by atomic mass is 32.5. The van der Waals surface area contributed by atoms with Crippen LogP contribution in [0.5, 0.6) is 0 Å². The third-order valence-electron chi connectivity index (χ3n) is 0.853. The van der Waals surface area contributed by atoms with E-state index in [0.29, 0.717) is 6.61 Å². The van der Waals surface area contributed by atoms with Crippen LogP contribution >= 0.6 is 18.7 Å².